The quantitative estimate of drug-likeness (QED) is 0.920. The van der Waals surface area contributed by atoms with Gasteiger partial charge in [0, 0.05) is 5.92 Å². The minimum atomic E-state index is 0.216. The van der Waals surface area contributed by atoms with Crippen LogP contribution in [0.1, 0.15) is 39.0 Å². The van der Waals surface area contributed by atoms with Crippen LogP contribution >= 0.6 is 0 Å². The van der Waals surface area contributed by atoms with E-state index in [1.165, 1.54) is 32.1 Å². The number of aromatic nitrogens is 2. The minimum Gasteiger partial charge on any atom is -0.460 e. The van der Waals surface area contributed by atoms with Crippen LogP contribution in [0.25, 0.3) is 0 Å². The topological polar surface area (TPSA) is 61.0 Å². The molecule has 0 radical (unpaired) electrons. The van der Waals surface area contributed by atoms with Crippen LogP contribution in [0.15, 0.2) is 12.4 Å². The zero-order chi connectivity index (χ0) is 13.7. The summed E-state index contributed by atoms with van der Waals surface area (Å²) in [6.07, 6.45) is 10.6. The highest BCUT2D eigenvalue weighted by molar-refractivity contribution is 5.30. The van der Waals surface area contributed by atoms with Gasteiger partial charge in [0.25, 0.3) is 0 Å². The van der Waals surface area contributed by atoms with Crippen molar-refractivity contribution in [1.82, 2.24) is 9.97 Å². The van der Waals surface area contributed by atoms with Gasteiger partial charge in [0.2, 0.25) is 0 Å². The third-order valence-corrected chi connectivity index (χ3v) is 5.78. The van der Waals surface area contributed by atoms with Crippen molar-refractivity contribution in [3.05, 3.63) is 12.4 Å². The lowest BCUT2D eigenvalue weighted by molar-refractivity contribution is -0.0787. The second-order valence-electron chi connectivity index (χ2n) is 7.13. The molecule has 4 fully saturated rings. The van der Waals surface area contributed by atoms with Crippen molar-refractivity contribution in [3.63, 3.8) is 0 Å². The Labute approximate surface area is 120 Å². The van der Waals surface area contributed by atoms with Gasteiger partial charge < -0.3 is 10.5 Å². The van der Waals surface area contributed by atoms with Crippen LogP contribution in [-0.4, -0.2) is 16.1 Å². The molecule has 4 nitrogen and oxygen atoms in total. The number of hydrogen-bond acceptors (Lipinski definition) is 4. The molecular formula is C16H23N3O. The second kappa shape index (κ2) is 4.61. The van der Waals surface area contributed by atoms with Crippen LogP contribution in [0.4, 0.5) is 5.69 Å². The standard InChI is InChI=1S/C16H23N3O/c1-9(20-16-18-7-14(17)8-19-16)15-12-3-10-2-11(5-12)6-13(15)4-10/h7-13,15H,2-6,17H2,1H3. The maximum absolute atomic E-state index is 6.02. The molecule has 4 bridgehead atoms. The Bertz CT molecular complexity index is 459. The van der Waals surface area contributed by atoms with E-state index in [-0.39, 0.29) is 6.10 Å². The first-order chi connectivity index (χ1) is 9.69. The summed E-state index contributed by atoms with van der Waals surface area (Å²) >= 11 is 0. The molecule has 1 heterocycles. The van der Waals surface area contributed by atoms with E-state index < -0.39 is 0 Å². The number of ether oxygens (including phenoxy) is 1. The Hall–Kier alpha value is -1.32. The maximum atomic E-state index is 6.02. The highest BCUT2D eigenvalue weighted by atomic mass is 16.5. The molecule has 0 aliphatic heterocycles. The molecule has 2 N–H and O–H groups in total. The average Bonchev–Trinajstić information content (AvgIpc) is 2.40. The summed E-state index contributed by atoms with van der Waals surface area (Å²) in [5.41, 5.74) is 6.20. The van der Waals surface area contributed by atoms with E-state index >= 15 is 0 Å². The van der Waals surface area contributed by atoms with Gasteiger partial charge in [0.1, 0.15) is 6.10 Å². The highest BCUT2D eigenvalue weighted by Crippen LogP contribution is 2.57. The molecule has 0 amide bonds. The van der Waals surface area contributed by atoms with Crippen molar-refractivity contribution >= 4 is 5.69 Å². The third kappa shape index (κ3) is 2.05. The fourth-order valence-corrected chi connectivity index (χ4v) is 5.37. The van der Waals surface area contributed by atoms with Gasteiger partial charge in [-0.15, -0.1) is 0 Å². The normalized spacial score (nSPS) is 39.8. The van der Waals surface area contributed by atoms with Gasteiger partial charge in [-0.1, -0.05) is 0 Å². The zero-order valence-electron chi connectivity index (χ0n) is 12.0. The lowest BCUT2D eigenvalue weighted by Crippen LogP contribution is -2.50. The lowest BCUT2D eigenvalue weighted by Gasteiger charge is -2.55. The smallest absolute Gasteiger partial charge is 0.316 e. The summed E-state index contributed by atoms with van der Waals surface area (Å²) in [7, 11) is 0. The van der Waals surface area contributed by atoms with E-state index in [1.54, 1.807) is 12.4 Å². The Morgan fingerprint density at radius 2 is 1.60 bits per heavy atom. The number of anilines is 1. The molecule has 1 unspecified atom stereocenters. The molecular weight excluding hydrogens is 250 g/mol. The summed E-state index contributed by atoms with van der Waals surface area (Å²) in [5, 5.41) is 0. The zero-order valence-corrected chi connectivity index (χ0v) is 12.0. The van der Waals surface area contributed by atoms with Crippen LogP contribution in [0.3, 0.4) is 0 Å². The van der Waals surface area contributed by atoms with E-state index in [0.717, 1.165) is 23.7 Å². The Kier molecular flexibility index (Phi) is 2.86. The largest absolute Gasteiger partial charge is 0.460 e. The summed E-state index contributed by atoms with van der Waals surface area (Å²) in [6.45, 7) is 2.20. The number of nitrogens with zero attached hydrogens (tertiary/aromatic N) is 2. The monoisotopic (exact) mass is 273 g/mol. The van der Waals surface area contributed by atoms with Gasteiger partial charge in [-0.3, -0.25) is 0 Å². The fourth-order valence-electron chi connectivity index (χ4n) is 5.37. The van der Waals surface area contributed by atoms with E-state index in [4.69, 9.17) is 10.5 Å². The number of rotatable bonds is 3. The molecule has 1 aromatic rings. The SMILES string of the molecule is CC(Oc1ncc(N)cn1)C1C2CC3CC(C2)CC1C3. The molecule has 0 saturated heterocycles. The molecule has 5 rings (SSSR count). The van der Waals surface area contributed by atoms with Crippen molar-refractivity contribution in [3.8, 4) is 6.01 Å². The minimum absolute atomic E-state index is 0.216. The molecule has 20 heavy (non-hydrogen) atoms. The molecule has 1 atom stereocenters. The van der Waals surface area contributed by atoms with Gasteiger partial charge in [0.05, 0.1) is 18.1 Å². The summed E-state index contributed by atoms with van der Waals surface area (Å²) < 4.78 is 6.02. The molecule has 4 aliphatic rings. The first-order valence-electron chi connectivity index (χ1n) is 7.93. The van der Waals surface area contributed by atoms with E-state index in [9.17, 15) is 0 Å². The van der Waals surface area contributed by atoms with Gasteiger partial charge in [0.15, 0.2) is 0 Å². The maximum Gasteiger partial charge on any atom is 0.316 e. The van der Waals surface area contributed by atoms with E-state index in [1.807, 2.05) is 0 Å². The second-order valence-corrected chi connectivity index (χ2v) is 7.13. The molecule has 1 aromatic heterocycles. The fraction of sp³-hybridized carbons (Fsp3) is 0.750. The number of nitrogen functional groups attached to an aromatic ring is 1. The van der Waals surface area contributed by atoms with Gasteiger partial charge >= 0.3 is 6.01 Å². The van der Waals surface area contributed by atoms with Crippen molar-refractivity contribution in [1.29, 1.82) is 0 Å². The molecule has 4 heteroatoms. The van der Waals surface area contributed by atoms with Crippen molar-refractivity contribution in [2.45, 2.75) is 45.1 Å². The van der Waals surface area contributed by atoms with Crippen LogP contribution in [0.5, 0.6) is 6.01 Å². The lowest BCUT2D eigenvalue weighted by atomic mass is 9.51. The van der Waals surface area contributed by atoms with E-state index in [0.29, 0.717) is 17.6 Å². The summed E-state index contributed by atoms with van der Waals surface area (Å²) in [6, 6.07) is 0.473. The predicted molar refractivity (Wildman–Crippen MR) is 77.1 cm³/mol. The number of hydrogen-bond donors (Lipinski definition) is 1. The third-order valence-electron chi connectivity index (χ3n) is 5.78. The molecule has 0 spiro atoms. The molecule has 108 valence electrons. The van der Waals surface area contributed by atoms with Crippen LogP contribution in [0.2, 0.25) is 0 Å². The molecule has 4 saturated carbocycles. The number of nitrogens with two attached hydrogens (primary N) is 1. The van der Waals surface area contributed by atoms with Crippen molar-refractivity contribution in [2.75, 3.05) is 5.73 Å². The first-order valence-corrected chi connectivity index (χ1v) is 7.93. The van der Waals surface area contributed by atoms with Gasteiger partial charge in [-0.05, 0) is 62.7 Å². The summed E-state index contributed by atoms with van der Waals surface area (Å²) in [5.74, 6) is 4.46. The highest BCUT2D eigenvalue weighted by Gasteiger charge is 2.50. The van der Waals surface area contributed by atoms with Gasteiger partial charge in [-0.2, -0.15) is 0 Å². The van der Waals surface area contributed by atoms with Gasteiger partial charge in [-0.25, -0.2) is 9.97 Å². The molecule has 4 aliphatic carbocycles. The van der Waals surface area contributed by atoms with Crippen LogP contribution in [-0.2, 0) is 0 Å². The predicted octanol–water partition coefficient (Wildman–Crippen LogP) is 2.90. The Balaban J connectivity index is 1.48. The van der Waals surface area contributed by atoms with Crippen LogP contribution < -0.4 is 10.5 Å². The summed E-state index contributed by atoms with van der Waals surface area (Å²) in [4.78, 5) is 8.34. The van der Waals surface area contributed by atoms with Crippen molar-refractivity contribution < 1.29 is 4.74 Å². The first kappa shape index (κ1) is 12.4. The molecule has 0 aromatic carbocycles. The average molecular weight is 273 g/mol. The van der Waals surface area contributed by atoms with Crippen LogP contribution in [0, 0.1) is 29.6 Å². The Morgan fingerprint density at radius 1 is 1.05 bits per heavy atom. The van der Waals surface area contributed by atoms with E-state index in [2.05, 4.69) is 16.9 Å². The Morgan fingerprint density at radius 3 is 2.15 bits per heavy atom. The van der Waals surface area contributed by atoms with Crippen molar-refractivity contribution in [2.24, 2.45) is 29.6 Å².